The molecule has 2 N–H and O–H groups in total. The fourth-order valence-electron chi connectivity index (χ4n) is 3.20. The van der Waals surface area contributed by atoms with Crippen LogP contribution in [0.25, 0.3) is 11.1 Å². The van der Waals surface area contributed by atoms with Gasteiger partial charge >= 0.3 is 5.82 Å². The van der Waals surface area contributed by atoms with Gasteiger partial charge in [0.15, 0.2) is 5.82 Å². The zero-order chi connectivity index (χ0) is 21.8. The second kappa shape index (κ2) is 8.68. The number of carbonyl (C=O) groups excluding carboxylic acids is 1. The van der Waals surface area contributed by atoms with Crippen molar-refractivity contribution in [3.8, 4) is 11.1 Å². The van der Waals surface area contributed by atoms with Gasteiger partial charge in [-0.1, -0.05) is 6.92 Å². The molecule has 156 valence electrons. The van der Waals surface area contributed by atoms with Crippen LogP contribution in [0.2, 0.25) is 0 Å². The summed E-state index contributed by atoms with van der Waals surface area (Å²) in [4.78, 5) is 46.0. The molecule has 30 heavy (non-hydrogen) atoms. The Morgan fingerprint density at radius 1 is 1.27 bits per heavy atom. The molecule has 0 unspecified atom stereocenters. The van der Waals surface area contributed by atoms with Crippen molar-refractivity contribution in [2.75, 3.05) is 6.54 Å². The van der Waals surface area contributed by atoms with Crippen LogP contribution in [-0.4, -0.2) is 36.9 Å². The van der Waals surface area contributed by atoms with Crippen LogP contribution in [0.1, 0.15) is 34.4 Å². The predicted octanol–water partition coefficient (Wildman–Crippen LogP) is 2.15. The topological polar surface area (TPSA) is 136 Å². The highest BCUT2D eigenvalue weighted by atomic mass is 16.6. The number of aromatic amines is 1. The molecule has 10 nitrogen and oxygen atoms in total. The molecule has 3 rings (SSSR count). The average Bonchev–Trinajstić information content (AvgIpc) is 3.09. The smallest absolute Gasteiger partial charge is 0.342 e. The second-order valence-electron chi connectivity index (χ2n) is 6.81. The summed E-state index contributed by atoms with van der Waals surface area (Å²) in [6, 6.07) is 3.52. The van der Waals surface area contributed by atoms with Crippen molar-refractivity contribution in [2.24, 2.45) is 0 Å². The van der Waals surface area contributed by atoms with Crippen LogP contribution in [0.5, 0.6) is 0 Å². The Bertz CT molecular complexity index is 1160. The van der Waals surface area contributed by atoms with Crippen molar-refractivity contribution in [3.05, 3.63) is 73.8 Å². The lowest BCUT2D eigenvalue weighted by Crippen LogP contribution is -2.28. The van der Waals surface area contributed by atoms with Crippen LogP contribution in [-0.2, 0) is 13.0 Å². The molecule has 0 bridgehead atoms. The normalized spacial score (nSPS) is 10.8. The third-order valence-corrected chi connectivity index (χ3v) is 4.85. The zero-order valence-corrected chi connectivity index (χ0v) is 16.9. The third kappa shape index (κ3) is 4.27. The number of carbonyl (C=O) groups is 1. The van der Waals surface area contributed by atoms with Crippen LogP contribution in [0.15, 0.2) is 35.5 Å². The van der Waals surface area contributed by atoms with Gasteiger partial charge in [0.2, 0.25) is 0 Å². The number of nitro groups is 1. The summed E-state index contributed by atoms with van der Waals surface area (Å²) in [5, 5.41) is 13.8. The molecule has 0 saturated heterocycles. The lowest BCUT2D eigenvalue weighted by Gasteiger charge is -2.10. The first-order chi connectivity index (χ1) is 14.3. The number of hydrogen-bond donors (Lipinski definition) is 2. The molecule has 0 aliphatic rings. The van der Waals surface area contributed by atoms with Crippen LogP contribution >= 0.6 is 0 Å². The molecular weight excluding hydrogens is 388 g/mol. The minimum atomic E-state index is -0.508. The molecule has 0 saturated carbocycles. The van der Waals surface area contributed by atoms with Crippen LogP contribution in [0, 0.1) is 24.0 Å². The van der Waals surface area contributed by atoms with Gasteiger partial charge in [-0.3, -0.25) is 14.6 Å². The van der Waals surface area contributed by atoms with Gasteiger partial charge in [0.25, 0.3) is 11.5 Å². The molecule has 1 amide bonds. The lowest BCUT2D eigenvalue weighted by molar-refractivity contribution is -0.392. The molecular formula is C20H22N6O4. The van der Waals surface area contributed by atoms with Crippen LogP contribution in [0.3, 0.4) is 0 Å². The summed E-state index contributed by atoms with van der Waals surface area (Å²) in [5.74, 6) is 0.0353. The molecule has 3 aromatic rings. The Morgan fingerprint density at radius 3 is 2.73 bits per heavy atom. The van der Waals surface area contributed by atoms with Crippen molar-refractivity contribution < 1.29 is 9.72 Å². The largest absolute Gasteiger partial charge is 0.358 e. The Balaban J connectivity index is 1.75. The summed E-state index contributed by atoms with van der Waals surface area (Å²) >= 11 is 0. The van der Waals surface area contributed by atoms with Crippen LogP contribution in [0.4, 0.5) is 5.82 Å². The van der Waals surface area contributed by atoms with E-state index in [1.165, 1.54) is 17.0 Å². The molecule has 3 aromatic heterocycles. The molecule has 10 heteroatoms. The number of aryl methyl sites for hydroxylation is 3. The van der Waals surface area contributed by atoms with Gasteiger partial charge in [0.05, 0.1) is 12.1 Å². The standard InChI is InChI=1S/C20H22N6O4/c1-4-14-8-17(12(2)24-20(14)28)15-7-16(10-21-9-15)19(27)22-5-6-25-13(3)23-11-18(25)26(29)30/h7-11H,4-6H2,1-3H3,(H,22,27)(H,24,28). The number of imidazole rings is 1. The number of hydrogen-bond acceptors (Lipinski definition) is 6. The van der Waals surface area contributed by atoms with E-state index in [1.807, 2.05) is 13.0 Å². The zero-order valence-electron chi connectivity index (χ0n) is 16.9. The molecule has 0 aliphatic carbocycles. The first-order valence-corrected chi connectivity index (χ1v) is 9.44. The summed E-state index contributed by atoms with van der Waals surface area (Å²) in [6.45, 7) is 5.78. The number of nitrogens with one attached hydrogen (secondary N) is 2. The van der Waals surface area contributed by atoms with Gasteiger partial charge < -0.3 is 20.4 Å². The molecule has 0 aromatic carbocycles. The third-order valence-electron chi connectivity index (χ3n) is 4.85. The number of amides is 1. The Hall–Kier alpha value is -3.82. The number of pyridine rings is 2. The number of nitrogens with zero attached hydrogens (tertiary/aromatic N) is 4. The predicted molar refractivity (Wildman–Crippen MR) is 110 cm³/mol. The average molecular weight is 410 g/mol. The molecule has 0 spiro atoms. The van der Waals surface area contributed by atoms with Gasteiger partial charge in [0, 0.05) is 41.7 Å². The minimum absolute atomic E-state index is 0.120. The SMILES string of the molecule is CCc1cc(-c2cncc(C(=O)NCCn3c([N+](=O)[O-])cnc3C)c2)c(C)[nH]c1=O. The summed E-state index contributed by atoms with van der Waals surface area (Å²) in [7, 11) is 0. The quantitative estimate of drug-likeness (QED) is 0.452. The lowest BCUT2D eigenvalue weighted by atomic mass is 10.0. The maximum Gasteiger partial charge on any atom is 0.342 e. The van der Waals surface area contributed by atoms with E-state index in [0.717, 1.165) is 5.56 Å². The summed E-state index contributed by atoms with van der Waals surface area (Å²) in [6.07, 6.45) is 4.87. The highest BCUT2D eigenvalue weighted by molar-refractivity contribution is 5.95. The number of H-pyrrole nitrogens is 1. The Labute approximate surface area is 172 Å². The Morgan fingerprint density at radius 2 is 2.03 bits per heavy atom. The van der Waals surface area contributed by atoms with E-state index < -0.39 is 4.92 Å². The van der Waals surface area contributed by atoms with Gasteiger partial charge in [-0.15, -0.1) is 0 Å². The monoisotopic (exact) mass is 410 g/mol. The first kappa shape index (κ1) is 20.9. The van der Waals surface area contributed by atoms with E-state index in [2.05, 4.69) is 20.3 Å². The minimum Gasteiger partial charge on any atom is -0.358 e. The fourth-order valence-corrected chi connectivity index (χ4v) is 3.20. The van der Waals surface area contributed by atoms with E-state index in [0.29, 0.717) is 34.6 Å². The molecule has 3 heterocycles. The van der Waals surface area contributed by atoms with Gasteiger partial charge in [0.1, 0.15) is 12.7 Å². The molecule has 0 radical (unpaired) electrons. The van der Waals surface area contributed by atoms with Crippen LogP contribution < -0.4 is 10.9 Å². The van der Waals surface area contributed by atoms with Gasteiger partial charge in [-0.2, -0.15) is 0 Å². The molecule has 0 fully saturated rings. The van der Waals surface area contributed by atoms with E-state index in [1.54, 1.807) is 26.1 Å². The van der Waals surface area contributed by atoms with Crippen molar-refractivity contribution in [3.63, 3.8) is 0 Å². The van der Waals surface area contributed by atoms with E-state index >= 15 is 0 Å². The van der Waals surface area contributed by atoms with Crippen molar-refractivity contribution in [2.45, 2.75) is 33.7 Å². The van der Waals surface area contributed by atoms with E-state index in [4.69, 9.17) is 0 Å². The van der Waals surface area contributed by atoms with E-state index in [9.17, 15) is 19.7 Å². The first-order valence-electron chi connectivity index (χ1n) is 9.44. The number of aromatic nitrogens is 4. The fraction of sp³-hybridized carbons (Fsp3) is 0.300. The van der Waals surface area contributed by atoms with Crippen molar-refractivity contribution in [1.82, 2.24) is 24.8 Å². The number of rotatable bonds is 7. The molecule has 0 aliphatic heterocycles. The molecule has 0 atom stereocenters. The van der Waals surface area contributed by atoms with Gasteiger partial charge in [-0.25, -0.2) is 9.55 Å². The summed E-state index contributed by atoms with van der Waals surface area (Å²) in [5.41, 5.74) is 3.10. The maximum absolute atomic E-state index is 12.6. The highest BCUT2D eigenvalue weighted by Gasteiger charge is 2.17. The van der Waals surface area contributed by atoms with E-state index in [-0.39, 0.29) is 30.4 Å². The summed E-state index contributed by atoms with van der Waals surface area (Å²) < 4.78 is 1.44. The van der Waals surface area contributed by atoms with Crippen molar-refractivity contribution >= 4 is 11.7 Å². The maximum atomic E-state index is 12.6. The van der Waals surface area contributed by atoms with Crippen molar-refractivity contribution in [1.29, 1.82) is 0 Å². The Kier molecular flexibility index (Phi) is 6.05. The highest BCUT2D eigenvalue weighted by Crippen LogP contribution is 2.22. The van der Waals surface area contributed by atoms with Gasteiger partial charge in [-0.05, 0) is 30.4 Å². The second-order valence-corrected chi connectivity index (χ2v) is 6.81.